The minimum atomic E-state index is 0. The number of hydrogen-bond acceptors (Lipinski definition) is 0. The second-order valence-electron chi connectivity index (χ2n) is 1.50. The smallest absolute Gasteiger partial charge is 0.0653 e. The molecule has 0 amide bonds. The molecule has 0 N–H and O–H groups in total. The van der Waals surface area contributed by atoms with Crippen molar-refractivity contribution in [2.45, 2.75) is 32.5 Å². The molecule has 6 heavy (non-hydrogen) atoms. The average Bonchev–Trinajstić information content (AvgIpc) is 1.61. The first-order chi connectivity index (χ1) is 2.91. The zero-order valence-electron chi connectivity index (χ0n) is 4.41. The third kappa shape index (κ3) is 4.06. The number of unbranched alkanes of at least 4 members (excludes halogenated alkanes) is 2. The predicted octanol–water partition coefficient (Wildman–Crippen LogP) is 2.01. The Labute approximate surface area is 42.8 Å². The van der Waals surface area contributed by atoms with Gasteiger partial charge < -0.3 is 0 Å². The molecule has 0 heterocycles. The van der Waals surface area contributed by atoms with E-state index in [0.29, 0.717) is 0 Å². The highest BCUT2D eigenvalue weighted by Crippen LogP contribution is 1.94. The molecule has 0 saturated heterocycles. The normalized spacial score (nSPS) is 8.83. The van der Waals surface area contributed by atoms with Crippen LogP contribution in [0.3, 0.4) is 0 Å². The van der Waals surface area contributed by atoms with Gasteiger partial charge in [-0.15, -0.1) is 0 Å². The second kappa shape index (κ2) is 5.06. The van der Waals surface area contributed by atoms with Crippen LogP contribution in [0.25, 0.3) is 0 Å². The minimum Gasteiger partial charge on any atom is -0.0887 e. The molecule has 0 fully saturated rings. The molecule has 2 radical (unpaired) electrons. The summed E-state index contributed by atoms with van der Waals surface area (Å²) in [5.41, 5.74) is 0. The molecule has 0 nitrogen and oxygen atoms in total. The molecule has 0 aromatic rings. The monoisotopic (exact) mass is 84.1 g/mol. The summed E-state index contributed by atoms with van der Waals surface area (Å²) >= 11 is 0. The first-order valence-electron chi connectivity index (χ1n) is 2.62. The summed E-state index contributed by atoms with van der Waals surface area (Å²) in [6.45, 7) is 2.18. The molecule has 0 aromatic carbocycles. The summed E-state index contributed by atoms with van der Waals surface area (Å²) in [5, 5.41) is 0. The molecule has 0 unspecified atom stereocenters. The number of hydrogen-bond donors (Lipinski definition) is 0. The molecule has 0 aliphatic heterocycles. The van der Waals surface area contributed by atoms with Crippen molar-refractivity contribution in [3.63, 3.8) is 0 Å². The molecule has 1 heteroatoms. The molecule has 0 spiro atoms. The lowest BCUT2D eigenvalue weighted by molar-refractivity contribution is 0.771. The van der Waals surface area contributed by atoms with Crippen LogP contribution >= 0.6 is 0 Å². The van der Waals surface area contributed by atoms with Gasteiger partial charge in [0.15, 0.2) is 0 Å². The van der Waals surface area contributed by atoms with Crippen molar-refractivity contribution in [2.75, 3.05) is 0 Å². The first kappa shape index (κ1) is 6.06. The Morgan fingerprint density at radius 2 is 2.17 bits per heavy atom. The van der Waals surface area contributed by atoms with Gasteiger partial charge in [0.2, 0.25) is 0 Å². The van der Waals surface area contributed by atoms with Crippen LogP contribution in [0.5, 0.6) is 0 Å². The first-order valence-corrected chi connectivity index (χ1v) is 2.62. The second-order valence-corrected chi connectivity index (χ2v) is 1.50. The van der Waals surface area contributed by atoms with Crippen molar-refractivity contribution in [3.8, 4) is 0 Å². The van der Waals surface area contributed by atoms with Gasteiger partial charge in [0.05, 0.1) is 7.85 Å². The highest BCUT2D eigenvalue weighted by molar-refractivity contribution is 6.08. The van der Waals surface area contributed by atoms with Crippen LogP contribution in [0.2, 0.25) is 6.32 Å². The van der Waals surface area contributed by atoms with Crippen molar-refractivity contribution in [1.29, 1.82) is 0 Å². The van der Waals surface area contributed by atoms with Crippen molar-refractivity contribution in [2.24, 2.45) is 0 Å². The molecule has 0 atom stereocenters. The van der Waals surface area contributed by atoms with E-state index in [0.717, 1.165) is 6.32 Å². The van der Waals surface area contributed by atoms with E-state index in [1.54, 1.807) is 0 Å². The SMILES string of the molecule is [B]CCCCC.[HH]. The summed E-state index contributed by atoms with van der Waals surface area (Å²) in [6, 6.07) is 0. The van der Waals surface area contributed by atoms with Gasteiger partial charge in [-0.05, 0) is 0 Å². The Morgan fingerprint density at radius 1 is 1.50 bits per heavy atom. The van der Waals surface area contributed by atoms with E-state index in [1.807, 2.05) is 0 Å². The molecule has 0 aliphatic carbocycles. The zero-order chi connectivity index (χ0) is 4.83. The van der Waals surface area contributed by atoms with Gasteiger partial charge in [0, 0.05) is 1.43 Å². The van der Waals surface area contributed by atoms with Gasteiger partial charge in [-0.2, -0.15) is 0 Å². The van der Waals surface area contributed by atoms with Crippen molar-refractivity contribution >= 4 is 7.85 Å². The average molecular weight is 84.0 g/mol. The van der Waals surface area contributed by atoms with Crippen LogP contribution in [-0.4, -0.2) is 7.85 Å². The minimum absolute atomic E-state index is 0. The summed E-state index contributed by atoms with van der Waals surface area (Å²) in [4.78, 5) is 0. The lowest BCUT2D eigenvalue weighted by atomic mass is 10.00. The van der Waals surface area contributed by atoms with E-state index in [2.05, 4.69) is 6.92 Å². The fraction of sp³-hybridized carbons (Fsp3) is 1.00. The molecule has 0 bridgehead atoms. The fourth-order valence-corrected chi connectivity index (χ4v) is 0.394. The largest absolute Gasteiger partial charge is 0.0887 e. The molecular weight excluding hydrogens is 70.9 g/mol. The maximum absolute atomic E-state index is 5.21. The Kier molecular flexibility index (Phi) is 5.12. The van der Waals surface area contributed by atoms with Crippen LogP contribution in [0, 0.1) is 0 Å². The molecule has 0 rings (SSSR count). The van der Waals surface area contributed by atoms with Crippen molar-refractivity contribution < 1.29 is 1.43 Å². The van der Waals surface area contributed by atoms with Crippen LogP contribution in [0.1, 0.15) is 27.6 Å². The van der Waals surface area contributed by atoms with E-state index < -0.39 is 0 Å². The number of rotatable bonds is 3. The third-order valence-electron chi connectivity index (χ3n) is 0.808. The van der Waals surface area contributed by atoms with Gasteiger partial charge in [0.1, 0.15) is 0 Å². The third-order valence-corrected chi connectivity index (χ3v) is 0.808. The Morgan fingerprint density at radius 3 is 2.33 bits per heavy atom. The zero-order valence-corrected chi connectivity index (χ0v) is 4.41. The van der Waals surface area contributed by atoms with E-state index >= 15 is 0 Å². The lowest BCUT2D eigenvalue weighted by Gasteiger charge is -1.86. The maximum atomic E-state index is 5.21. The Balaban J connectivity index is 0. The van der Waals surface area contributed by atoms with Gasteiger partial charge in [-0.25, -0.2) is 0 Å². The van der Waals surface area contributed by atoms with Gasteiger partial charge >= 0.3 is 0 Å². The summed E-state index contributed by atoms with van der Waals surface area (Å²) in [6.07, 6.45) is 4.61. The van der Waals surface area contributed by atoms with Gasteiger partial charge in [-0.3, -0.25) is 0 Å². The molecule has 36 valence electrons. The van der Waals surface area contributed by atoms with E-state index in [-0.39, 0.29) is 1.43 Å². The standard InChI is InChI=1S/C5H11B.H2/c1-2-3-4-5-6;/h2-5H2,1H3;1H. The maximum Gasteiger partial charge on any atom is 0.0653 e. The van der Waals surface area contributed by atoms with Crippen molar-refractivity contribution in [3.05, 3.63) is 0 Å². The van der Waals surface area contributed by atoms with Crippen LogP contribution in [0.4, 0.5) is 0 Å². The summed E-state index contributed by atoms with van der Waals surface area (Å²) in [7, 11) is 5.21. The fourth-order valence-electron chi connectivity index (χ4n) is 0.394. The topological polar surface area (TPSA) is 0 Å². The van der Waals surface area contributed by atoms with E-state index in [1.165, 1.54) is 19.3 Å². The van der Waals surface area contributed by atoms with E-state index in [4.69, 9.17) is 7.85 Å². The molecule has 0 aliphatic rings. The summed E-state index contributed by atoms with van der Waals surface area (Å²) in [5.74, 6) is 0. The molecule has 0 aromatic heterocycles. The lowest BCUT2D eigenvalue weighted by Crippen LogP contribution is -1.69. The Hall–Kier alpha value is 0.0649. The quantitative estimate of drug-likeness (QED) is 0.362. The highest BCUT2D eigenvalue weighted by atomic mass is 13.8. The molecular formula is C5H13B. The van der Waals surface area contributed by atoms with Gasteiger partial charge in [0.25, 0.3) is 0 Å². The summed E-state index contributed by atoms with van der Waals surface area (Å²) < 4.78 is 0. The van der Waals surface area contributed by atoms with Crippen LogP contribution in [0.15, 0.2) is 0 Å². The molecule has 0 saturated carbocycles. The predicted molar refractivity (Wildman–Crippen MR) is 32.2 cm³/mol. The van der Waals surface area contributed by atoms with Crippen molar-refractivity contribution in [1.82, 2.24) is 0 Å². The van der Waals surface area contributed by atoms with Crippen LogP contribution < -0.4 is 0 Å². The highest BCUT2D eigenvalue weighted by Gasteiger charge is 1.75. The van der Waals surface area contributed by atoms with E-state index in [9.17, 15) is 0 Å². The van der Waals surface area contributed by atoms with Gasteiger partial charge in [-0.1, -0.05) is 32.5 Å². The Bertz CT molecular complexity index is 20.0. The van der Waals surface area contributed by atoms with Crippen LogP contribution in [-0.2, 0) is 0 Å².